The van der Waals surface area contributed by atoms with Crippen molar-refractivity contribution in [3.63, 3.8) is 0 Å². The molecule has 0 bridgehead atoms. The van der Waals surface area contributed by atoms with Gasteiger partial charge in [0.15, 0.2) is 0 Å². The summed E-state index contributed by atoms with van der Waals surface area (Å²) < 4.78 is 43.4. The Hall–Kier alpha value is -2.97. The lowest BCUT2D eigenvalue weighted by Gasteiger charge is -2.12. The topological polar surface area (TPSA) is 82.3 Å². The fourth-order valence-electron chi connectivity index (χ4n) is 1.98. The second-order valence-electron chi connectivity index (χ2n) is 4.38. The first-order valence-electron chi connectivity index (χ1n) is 6.15. The number of aromatic nitrogens is 1. The maximum absolute atomic E-state index is 13.0. The number of nitro benzene ring substituents is 1. The molecule has 0 saturated heterocycles. The Labute approximate surface area is 127 Å². The fraction of sp³-hybridized carbons (Fsp3) is 0.143. The largest absolute Gasteiger partial charge is 0.465 e. The minimum atomic E-state index is -4.67. The molecule has 23 heavy (non-hydrogen) atoms. The molecule has 1 aromatic heterocycles. The molecule has 1 heterocycles. The van der Waals surface area contributed by atoms with Crippen molar-refractivity contribution < 1.29 is 27.6 Å². The van der Waals surface area contributed by atoms with Gasteiger partial charge in [0.2, 0.25) is 0 Å². The summed E-state index contributed by atoms with van der Waals surface area (Å²) in [6.45, 7) is 0. The van der Waals surface area contributed by atoms with Crippen molar-refractivity contribution in [1.29, 1.82) is 0 Å². The van der Waals surface area contributed by atoms with Gasteiger partial charge < -0.3 is 4.74 Å². The van der Waals surface area contributed by atoms with E-state index in [0.717, 1.165) is 43.6 Å². The summed E-state index contributed by atoms with van der Waals surface area (Å²) in [6.07, 6.45) is -3.52. The van der Waals surface area contributed by atoms with Crippen molar-refractivity contribution in [3.8, 4) is 11.3 Å². The van der Waals surface area contributed by atoms with Gasteiger partial charge in [-0.2, -0.15) is 13.2 Å². The van der Waals surface area contributed by atoms with Crippen LogP contribution < -0.4 is 0 Å². The second kappa shape index (κ2) is 6.03. The van der Waals surface area contributed by atoms with Gasteiger partial charge in [-0.25, -0.2) is 4.79 Å². The molecule has 0 fully saturated rings. The lowest BCUT2D eigenvalue weighted by molar-refractivity contribution is -0.385. The molecule has 0 unspecified atom stereocenters. The quantitative estimate of drug-likeness (QED) is 0.490. The Morgan fingerprint density at radius 3 is 2.57 bits per heavy atom. The minimum absolute atomic E-state index is 0.128. The number of rotatable bonds is 3. The molecule has 0 aliphatic carbocycles. The van der Waals surface area contributed by atoms with E-state index in [-0.39, 0.29) is 11.1 Å². The molecular weight excluding hydrogens is 317 g/mol. The number of carbonyl (C=O) groups excluding carboxylic acids is 1. The Morgan fingerprint density at radius 1 is 1.30 bits per heavy atom. The monoisotopic (exact) mass is 326 g/mol. The van der Waals surface area contributed by atoms with Gasteiger partial charge in [-0.15, -0.1) is 0 Å². The van der Waals surface area contributed by atoms with Crippen LogP contribution in [0.2, 0.25) is 0 Å². The predicted molar refractivity (Wildman–Crippen MR) is 72.7 cm³/mol. The molecule has 0 aliphatic rings. The van der Waals surface area contributed by atoms with Crippen LogP contribution in [0, 0.1) is 10.1 Å². The van der Waals surface area contributed by atoms with Crippen LogP contribution in [-0.4, -0.2) is 23.0 Å². The first-order chi connectivity index (χ1) is 10.8. The highest BCUT2D eigenvalue weighted by atomic mass is 19.4. The summed E-state index contributed by atoms with van der Waals surface area (Å²) in [6, 6.07) is 4.99. The molecule has 2 aromatic rings. The van der Waals surface area contributed by atoms with Crippen LogP contribution in [-0.2, 0) is 10.9 Å². The molecule has 120 valence electrons. The van der Waals surface area contributed by atoms with Gasteiger partial charge in [0.1, 0.15) is 5.56 Å². The van der Waals surface area contributed by atoms with E-state index in [1.165, 1.54) is 0 Å². The summed E-state index contributed by atoms with van der Waals surface area (Å²) in [4.78, 5) is 25.3. The number of alkyl halides is 3. The maximum Gasteiger partial charge on any atom is 0.418 e. The third-order valence-corrected chi connectivity index (χ3v) is 2.99. The number of ether oxygens (including phenoxy) is 1. The third kappa shape index (κ3) is 3.28. The van der Waals surface area contributed by atoms with Crippen molar-refractivity contribution in [1.82, 2.24) is 4.98 Å². The predicted octanol–water partition coefficient (Wildman–Crippen LogP) is 3.46. The van der Waals surface area contributed by atoms with Gasteiger partial charge in [0.25, 0.3) is 5.69 Å². The van der Waals surface area contributed by atoms with Gasteiger partial charge in [0.05, 0.1) is 23.3 Å². The highest BCUT2D eigenvalue weighted by molar-refractivity contribution is 5.94. The molecule has 0 aliphatic heterocycles. The van der Waals surface area contributed by atoms with E-state index >= 15 is 0 Å². The summed E-state index contributed by atoms with van der Waals surface area (Å²) in [5, 5.41) is 11.1. The van der Waals surface area contributed by atoms with Crippen LogP contribution in [0.25, 0.3) is 11.3 Å². The maximum atomic E-state index is 13.0. The zero-order chi connectivity index (χ0) is 17.2. The Bertz CT molecular complexity index is 775. The number of benzene rings is 1. The molecule has 1 aromatic carbocycles. The van der Waals surface area contributed by atoms with Gasteiger partial charge in [-0.3, -0.25) is 15.1 Å². The molecule has 0 saturated carbocycles. The van der Waals surface area contributed by atoms with E-state index in [1.54, 1.807) is 0 Å². The summed E-state index contributed by atoms with van der Waals surface area (Å²) in [5.41, 5.74) is -2.63. The molecule has 0 atom stereocenters. The molecular formula is C14H9F3N2O4. The number of hydrogen-bond donors (Lipinski definition) is 0. The molecule has 6 nitrogen and oxygen atoms in total. The third-order valence-electron chi connectivity index (χ3n) is 2.99. The number of carbonyl (C=O) groups is 1. The number of nitrogens with zero attached hydrogens (tertiary/aromatic N) is 2. The van der Waals surface area contributed by atoms with Crippen LogP contribution >= 0.6 is 0 Å². The number of hydrogen-bond acceptors (Lipinski definition) is 5. The first-order valence-corrected chi connectivity index (χ1v) is 6.15. The molecule has 0 N–H and O–H groups in total. The fourth-order valence-corrected chi connectivity index (χ4v) is 1.98. The Morgan fingerprint density at radius 2 is 2.00 bits per heavy atom. The summed E-state index contributed by atoms with van der Waals surface area (Å²) in [5.74, 6) is -0.958. The number of halogens is 3. The zero-order valence-electron chi connectivity index (χ0n) is 11.6. The molecule has 2 rings (SSSR count). The zero-order valence-corrected chi connectivity index (χ0v) is 11.6. The minimum Gasteiger partial charge on any atom is -0.465 e. The highest BCUT2D eigenvalue weighted by Crippen LogP contribution is 2.37. The van der Waals surface area contributed by atoms with Crippen molar-refractivity contribution in [2.75, 3.05) is 7.11 Å². The highest BCUT2D eigenvalue weighted by Gasteiger charge is 2.35. The van der Waals surface area contributed by atoms with Crippen LogP contribution in [0.3, 0.4) is 0 Å². The van der Waals surface area contributed by atoms with Crippen molar-refractivity contribution in [2.24, 2.45) is 0 Å². The van der Waals surface area contributed by atoms with Gasteiger partial charge >= 0.3 is 12.1 Å². The first kappa shape index (κ1) is 16.4. The van der Waals surface area contributed by atoms with E-state index in [1.807, 2.05) is 0 Å². The standard InChI is InChI=1S/C14H9F3N2O4/c1-23-13(20)9-5-4-8(7-11(9)19(21)22)12-10(14(15,16)17)3-2-6-18-12/h2-7H,1H3. The van der Waals surface area contributed by atoms with Crippen molar-refractivity contribution in [3.05, 3.63) is 57.8 Å². The summed E-state index contributed by atoms with van der Waals surface area (Å²) in [7, 11) is 1.04. The van der Waals surface area contributed by atoms with Crippen LogP contribution in [0.15, 0.2) is 36.5 Å². The SMILES string of the molecule is COC(=O)c1ccc(-c2ncccc2C(F)(F)F)cc1[N+](=O)[O-]. The van der Waals surface area contributed by atoms with Crippen molar-refractivity contribution >= 4 is 11.7 Å². The van der Waals surface area contributed by atoms with Crippen LogP contribution in [0.1, 0.15) is 15.9 Å². The van der Waals surface area contributed by atoms with Gasteiger partial charge in [-0.05, 0) is 18.2 Å². The normalized spacial score (nSPS) is 11.1. The van der Waals surface area contributed by atoms with E-state index in [4.69, 9.17) is 0 Å². The smallest absolute Gasteiger partial charge is 0.418 e. The average Bonchev–Trinajstić information content (AvgIpc) is 2.52. The van der Waals surface area contributed by atoms with Crippen LogP contribution in [0.5, 0.6) is 0 Å². The van der Waals surface area contributed by atoms with E-state index < -0.39 is 34.0 Å². The van der Waals surface area contributed by atoms with Crippen LogP contribution in [0.4, 0.5) is 18.9 Å². The number of nitro groups is 1. The van der Waals surface area contributed by atoms with Gasteiger partial charge in [-0.1, -0.05) is 6.07 Å². The number of methoxy groups -OCH3 is 1. The van der Waals surface area contributed by atoms with E-state index in [0.29, 0.717) is 0 Å². The second-order valence-corrected chi connectivity index (χ2v) is 4.38. The molecule has 0 spiro atoms. The number of pyridine rings is 1. The van der Waals surface area contributed by atoms with Crippen molar-refractivity contribution in [2.45, 2.75) is 6.18 Å². The van der Waals surface area contributed by atoms with Gasteiger partial charge in [0, 0.05) is 17.8 Å². The Balaban J connectivity index is 2.65. The van der Waals surface area contributed by atoms with E-state index in [2.05, 4.69) is 9.72 Å². The molecule has 0 radical (unpaired) electrons. The molecule has 9 heteroatoms. The molecule has 0 amide bonds. The lowest BCUT2D eigenvalue weighted by Crippen LogP contribution is -2.09. The average molecular weight is 326 g/mol. The number of esters is 1. The Kier molecular flexibility index (Phi) is 4.30. The lowest BCUT2D eigenvalue weighted by atomic mass is 10.0. The van der Waals surface area contributed by atoms with E-state index in [9.17, 15) is 28.1 Å². The summed E-state index contributed by atoms with van der Waals surface area (Å²) >= 11 is 0.